The first-order valence-electron chi connectivity index (χ1n) is 5.74. The number of aryl methyl sites for hydroxylation is 1. The van der Waals surface area contributed by atoms with E-state index in [2.05, 4.69) is 19.2 Å². The van der Waals surface area contributed by atoms with Crippen LogP contribution in [0.4, 0.5) is 0 Å². The zero-order valence-corrected chi connectivity index (χ0v) is 11.6. The Balaban J connectivity index is 2.32. The van der Waals surface area contributed by atoms with Gasteiger partial charge in [0.2, 0.25) is 0 Å². The van der Waals surface area contributed by atoms with Gasteiger partial charge < -0.3 is 9.73 Å². The Hall–Kier alpha value is -0.770. The predicted molar refractivity (Wildman–Crippen MR) is 72.9 cm³/mol. The van der Waals surface area contributed by atoms with Crippen LogP contribution >= 0.6 is 22.9 Å². The van der Waals surface area contributed by atoms with Crippen molar-refractivity contribution < 1.29 is 4.42 Å². The normalized spacial score (nSPS) is 12.9. The molecule has 2 nitrogen and oxygen atoms in total. The van der Waals surface area contributed by atoms with E-state index >= 15 is 0 Å². The maximum absolute atomic E-state index is 6.21. The zero-order chi connectivity index (χ0) is 12.3. The minimum absolute atomic E-state index is 0.0671. The number of halogens is 1. The summed E-state index contributed by atoms with van der Waals surface area (Å²) in [5.74, 6) is 0.961. The summed E-state index contributed by atoms with van der Waals surface area (Å²) >= 11 is 7.87. The molecule has 0 fully saturated rings. The van der Waals surface area contributed by atoms with Gasteiger partial charge in [0.15, 0.2) is 0 Å². The highest BCUT2D eigenvalue weighted by atomic mass is 35.5. The lowest BCUT2D eigenvalue weighted by atomic mass is 10.1. The van der Waals surface area contributed by atoms with Crippen molar-refractivity contribution in [1.29, 1.82) is 0 Å². The van der Waals surface area contributed by atoms with Crippen LogP contribution in [0.1, 0.15) is 35.6 Å². The summed E-state index contributed by atoms with van der Waals surface area (Å²) < 4.78 is 5.59. The summed E-state index contributed by atoms with van der Waals surface area (Å²) in [6.45, 7) is 5.15. The minimum Gasteiger partial charge on any atom is -0.467 e. The molecule has 1 unspecified atom stereocenters. The van der Waals surface area contributed by atoms with Gasteiger partial charge in [-0.1, -0.05) is 18.5 Å². The molecule has 0 aromatic carbocycles. The lowest BCUT2D eigenvalue weighted by molar-refractivity contribution is 0.447. The van der Waals surface area contributed by atoms with Crippen molar-refractivity contribution in [1.82, 2.24) is 5.32 Å². The first kappa shape index (κ1) is 12.7. The average molecular weight is 270 g/mol. The van der Waals surface area contributed by atoms with Gasteiger partial charge in [-0.2, -0.15) is 0 Å². The fourth-order valence-electron chi connectivity index (χ4n) is 1.78. The first-order chi connectivity index (χ1) is 8.24. The molecule has 4 heteroatoms. The summed E-state index contributed by atoms with van der Waals surface area (Å²) in [4.78, 5) is 1.12. The molecule has 0 saturated heterocycles. The van der Waals surface area contributed by atoms with E-state index in [1.165, 1.54) is 0 Å². The number of rotatable bonds is 5. The van der Waals surface area contributed by atoms with Gasteiger partial charge in [-0.3, -0.25) is 0 Å². The average Bonchev–Trinajstić information content (AvgIpc) is 2.90. The Kier molecular flexibility index (Phi) is 4.26. The molecule has 2 aromatic rings. The third-order valence-corrected chi connectivity index (χ3v) is 4.09. The molecule has 0 radical (unpaired) electrons. The number of hydrogen-bond donors (Lipinski definition) is 1. The van der Waals surface area contributed by atoms with Crippen LogP contribution in [0.3, 0.4) is 0 Å². The summed E-state index contributed by atoms with van der Waals surface area (Å²) in [6, 6.07) is 3.98. The van der Waals surface area contributed by atoms with E-state index < -0.39 is 0 Å². The van der Waals surface area contributed by atoms with E-state index in [0.717, 1.165) is 34.2 Å². The van der Waals surface area contributed by atoms with Gasteiger partial charge in [0.25, 0.3) is 0 Å². The summed E-state index contributed by atoms with van der Waals surface area (Å²) in [7, 11) is 0. The van der Waals surface area contributed by atoms with Crippen LogP contribution in [-0.4, -0.2) is 6.54 Å². The van der Waals surface area contributed by atoms with E-state index in [1.54, 1.807) is 17.6 Å². The third-order valence-electron chi connectivity index (χ3n) is 2.67. The quantitative estimate of drug-likeness (QED) is 0.871. The van der Waals surface area contributed by atoms with Gasteiger partial charge in [-0.15, -0.1) is 11.3 Å². The lowest BCUT2D eigenvalue weighted by Crippen LogP contribution is -2.22. The Morgan fingerprint density at radius 2 is 2.29 bits per heavy atom. The largest absolute Gasteiger partial charge is 0.467 e. The first-order valence-corrected chi connectivity index (χ1v) is 7.00. The predicted octanol–water partition coefficient (Wildman–Crippen LogP) is 4.39. The van der Waals surface area contributed by atoms with E-state index in [9.17, 15) is 0 Å². The van der Waals surface area contributed by atoms with Crippen molar-refractivity contribution in [3.05, 3.63) is 45.0 Å². The second-order valence-electron chi connectivity index (χ2n) is 3.99. The highest BCUT2D eigenvalue weighted by Crippen LogP contribution is 2.34. The molecule has 0 bridgehead atoms. The maximum atomic E-state index is 6.21. The van der Waals surface area contributed by atoms with Crippen LogP contribution < -0.4 is 5.32 Å². The maximum Gasteiger partial charge on any atom is 0.128 e. The summed E-state index contributed by atoms with van der Waals surface area (Å²) in [5, 5.41) is 6.30. The van der Waals surface area contributed by atoms with Crippen molar-refractivity contribution in [2.75, 3.05) is 6.54 Å². The van der Waals surface area contributed by atoms with Crippen molar-refractivity contribution in [3.63, 3.8) is 0 Å². The van der Waals surface area contributed by atoms with Crippen LogP contribution in [0.5, 0.6) is 0 Å². The van der Waals surface area contributed by atoms with Crippen molar-refractivity contribution in [3.8, 4) is 0 Å². The molecule has 0 aliphatic heterocycles. The van der Waals surface area contributed by atoms with Crippen LogP contribution in [0.15, 0.2) is 28.2 Å². The summed E-state index contributed by atoms with van der Waals surface area (Å²) in [5.41, 5.74) is 1.16. The SMILES string of the molecule is CCCNC(c1occc1C)c1sccc1Cl. The molecule has 2 rings (SSSR count). The topological polar surface area (TPSA) is 25.2 Å². The Bertz CT molecular complexity index is 437. The fourth-order valence-corrected chi connectivity index (χ4v) is 3.02. The van der Waals surface area contributed by atoms with E-state index in [1.807, 2.05) is 17.5 Å². The van der Waals surface area contributed by atoms with Gasteiger partial charge in [0, 0.05) is 4.88 Å². The second-order valence-corrected chi connectivity index (χ2v) is 5.34. The molecule has 0 amide bonds. The lowest BCUT2D eigenvalue weighted by Gasteiger charge is -2.16. The Labute approximate surface area is 111 Å². The van der Waals surface area contributed by atoms with Gasteiger partial charge in [0.05, 0.1) is 11.3 Å². The van der Waals surface area contributed by atoms with Crippen LogP contribution in [0, 0.1) is 6.92 Å². The molecule has 0 aliphatic rings. The monoisotopic (exact) mass is 269 g/mol. The standard InChI is InChI=1S/C13H16ClNOS/c1-3-6-15-11(12-9(2)4-7-16-12)13-10(14)5-8-17-13/h4-5,7-8,11,15H,3,6H2,1-2H3. The molecule has 1 N–H and O–H groups in total. The zero-order valence-electron chi connectivity index (χ0n) is 10.00. The van der Waals surface area contributed by atoms with Crippen LogP contribution in [0.2, 0.25) is 5.02 Å². The van der Waals surface area contributed by atoms with Gasteiger partial charge >= 0.3 is 0 Å². The number of furan rings is 1. The number of thiophene rings is 1. The summed E-state index contributed by atoms with van der Waals surface area (Å²) in [6.07, 6.45) is 2.81. The van der Waals surface area contributed by atoms with Crippen LogP contribution in [0.25, 0.3) is 0 Å². The molecule has 2 heterocycles. The molecule has 17 heavy (non-hydrogen) atoms. The van der Waals surface area contributed by atoms with Crippen molar-refractivity contribution in [2.24, 2.45) is 0 Å². The van der Waals surface area contributed by atoms with Crippen LogP contribution in [-0.2, 0) is 0 Å². The molecule has 2 aromatic heterocycles. The molecule has 92 valence electrons. The van der Waals surface area contributed by atoms with E-state index in [-0.39, 0.29) is 6.04 Å². The van der Waals surface area contributed by atoms with E-state index in [0.29, 0.717) is 0 Å². The Morgan fingerprint density at radius 1 is 1.47 bits per heavy atom. The van der Waals surface area contributed by atoms with Crippen molar-refractivity contribution >= 4 is 22.9 Å². The molecule has 0 saturated carbocycles. The van der Waals surface area contributed by atoms with Gasteiger partial charge in [-0.25, -0.2) is 0 Å². The van der Waals surface area contributed by atoms with Gasteiger partial charge in [-0.05, 0) is 43.0 Å². The smallest absolute Gasteiger partial charge is 0.128 e. The fraction of sp³-hybridized carbons (Fsp3) is 0.385. The minimum atomic E-state index is 0.0671. The highest BCUT2D eigenvalue weighted by molar-refractivity contribution is 7.10. The number of nitrogens with one attached hydrogen (secondary N) is 1. The molecule has 0 spiro atoms. The second kappa shape index (κ2) is 5.71. The third kappa shape index (κ3) is 2.73. The number of hydrogen-bond acceptors (Lipinski definition) is 3. The van der Waals surface area contributed by atoms with E-state index in [4.69, 9.17) is 16.0 Å². The molecular formula is C13H16ClNOS. The van der Waals surface area contributed by atoms with Crippen molar-refractivity contribution in [2.45, 2.75) is 26.3 Å². The molecule has 1 atom stereocenters. The Morgan fingerprint density at radius 3 is 2.82 bits per heavy atom. The molecular weight excluding hydrogens is 254 g/mol. The highest BCUT2D eigenvalue weighted by Gasteiger charge is 2.22. The van der Waals surface area contributed by atoms with Gasteiger partial charge in [0.1, 0.15) is 11.8 Å². The molecule has 0 aliphatic carbocycles.